The van der Waals surface area contributed by atoms with E-state index < -0.39 is 42.8 Å². The van der Waals surface area contributed by atoms with Crippen LogP contribution in [0, 0.1) is 6.92 Å². The summed E-state index contributed by atoms with van der Waals surface area (Å²) in [5, 5.41) is 8.83. The Morgan fingerprint density at radius 2 is 2.09 bits per heavy atom. The summed E-state index contributed by atoms with van der Waals surface area (Å²) in [6.07, 6.45) is 3.55. The minimum Gasteiger partial charge on any atom is -0.479 e. The van der Waals surface area contributed by atoms with Gasteiger partial charge in [0.1, 0.15) is 0 Å². The first-order valence-corrected chi connectivity index (χ1v) is 8.21. The average molecular weight is 346 g/mol. The van der Waals surface area contributed by atoms with Gasteiger partial charge < -0.3 is 19.6 Å². The molecule has 0 amide bonds. The summed E-state index contributed by atoms with van der Waals surface area (Å²) in [5.41, 5.74) is -0.824. The molecule has 4 N–H and O–H groups in total. The number of H-pyrrole nitrogens is 1. The Labute approximate surface area is 129 Å². The molecule has 0 spiro atoms. The molecule has 0 aliphatic heterocycles. The van der Waals surface area contributed by atoms with Gasteiger partial charge >= 0.3 is 19.3 Å². The van der Waals surface area contributed by atoms with Gasteiger partial charge in [0.05, 0.1) is 12.1 Å². The van der Waals surface area contributed by atoms with Crippen LogP contribution in [0.1, 0.15) is 18.0 Å². The molecule has 1 aromatic rings. The van der Waals surface area contributed by atoms with Crippen LogP contribution in [-0.2, 0) is 14.1 Å². The average Bonchev–Trinajstić information content (AvgIpc) is 2.87. The summed E-state index contributed by atoms with van der Waals surface area (Å²) in [6.45, 7) is 1.52. The molecule has 2 rings (SSSR count). The van der Waals surface area contributed by atoms with E-state index in [-0.39, 0.29) is 6.42 Å². The monoisotopic (exact) mass is 346 g/mol. The molecule has 0 radical (unpaired) electrons. The molecule has 0 bridgehead atoms. The Hall–Kier alpha value is -2.00. The van der Waals surface area contributed by atoms with Gasteiger partial charge in [0.15, 0.2) is 0 Å². The van der Waals surface area contributed by atoms with E-state index in [2.05, 4.69) is 4.98 Å². The van der Waals surface area contributed by atoms with Crippen LogP contribution in [0.4, 0.5) is 0 Å². The molecule has 1 aliphatic carbocycles. The molecule has 1 aliphatic rings. The molecule has 1 aromatic heterocycles. The van der Waals surface area contributed by atoms with Crippen molar-refractivity contribution in [2.24, 2.45) is 0 Å². The Bertz CT molecular complexity index is 804. The third kappa shape index (κ3) is 3.85. The van der Waals surface area contributed by atoms with E-state index in [1.54, 1.807) is 6.08 Å². The smallest absolute Gasteiger partial charge is 0.365 e. The van der Waals surface area contributed by atoms with Crippen molar-refractivity contribution in [3.05, 3.63) is 44.8 Å². The lowest BCUT2D eigenvalue weighted by atomic mass is 10.2. The number of rotatable bonds is 5. The zero-order chi connectivity index (χ0) is 17.4. The number of carboxylic acids is 1. The number of hydrogen-bond donors (Lipinski definition) is 4. The maximum absolute atomic E-state index is 11.8. The van der Waals surface area contributed by atoms with Crippen LogP contribution < -0.4 is 11.2 Å². The van der Waals surface area contributed by atoms with Crippen LogP contribution in [0.15, 0.2) is 27.9 Å². The van der Waals surface area contributed by atoms with E-state index in [1.165, 1.54) is 23.8 Å². The zero-order valence-corrected chi connectivity index (χ0v) is 12.8. The zero-order valence-electron chi connectivity index (χ0n) is 11.9. The van der Waals surface area contributed by atoms with Crippen LogP contribution in [0.2, 0.25) is 0 Å². The van der Waals surface area contributed by atoms with E-state index in [9.17, 15) is 18.9 Å². The van der Waals surface area contributed by atoms with Crippen molar-refractivity contribution < 1.29 is 29.0 Å². The number of aromatic amines is 1. The lowest BCUT2D eigenvalue weighted by molar-refractivity contribution is -0.147. The second kappa shape index (κ2) is 6.25. The molecular weight excluding hydrogens is 331 g/mol. The number of carbonyl (C=O) groups is 1. The van der Waals surface area contributed by atoms with Gasteiger partial charge in [-0.05, 0) is 6.92 Å². The number of nitrogens with zero attached hydrogens (tertiary/aromatic N) is 1. The molecule has 10 nitrogen and oxygen atoms in total. The van der Waals surface area contributed by atoms with Crippen LogP contribution in [0.3, 0.4) is 0 Å². The highest BCUT2D eigenvalue weighted by molar-refractivity contribution is 7.53. The standard InChI is InChI=1S/C12H15N2O8P/c1-6-5-14(12(18)13-9(6)15)7-2-3-8(4-7)22-11(10(16)17)23(19,20)21/h2-3,5,7-8,11H,4H2,1H3,(H,16,17)(H,13,15,18)(H2,19,20,21). The minimum absolute atomic E-state index is 0.106. The van der Waals surface area contributed by atoms with E-state index >= 15 is 0 Å². The van der Waals surface area contributed by atoms with Gasteiger partial charge in [-0.15, -0.1) is 0 Å². The van der Waals surface area contributed by atoms with Gasteiger partial charge in [-0.25, -0.2) is 9.59 Å². The lowest BCUT2D eigenvalue weighted by Gasteiger charge is -2.20. The number of carboxylic acid groups (broad SMARTS) is 1. The Morgan fingerprint density at radius 3 is 2.65 bits per heavy atom. The highest BCUT2D eigenvalue weighted by atomic mass is 31.2. The third-order valence-electron chi connectivity index (χ3n) is 3.35. The van der Waals surface area contributed by atoms with Crippen LogP contribution in [0.25, 0.3) is 0 Å². The van der Waals surface area contributed by atoms with Crippen molar-refractivity contribution in [1.29, 1.82) is 0 Å². The van der Waals surface area contributed by atoms with Crippen LogP contribution in [0.5, 0.6) is 0 Å². The summed E-state index contributed by atoms with van der Waals surface area (Å²) in [7, 11) is -4.97. The number of aryl methyl sites for hydroxylation is 1. The van der Waals surface area contributed by atoms with E-state index in [0.29, 0.717) is 5.56 Å². The molecule has 23 heavy (non-hydrogen) atoms. The molecule has 126 valence electrons. The minimum atomic E-state index is -4.97. The highest BCUT2D eigenvalue weighted by Crippen LogP contribution is 2.43. The predicted octanol–water partition coefficient (Wildman–Crippen LogP) is -0.680. The maximum atomic E-state index is 11.8. The van der Waals surface area contributed by atoms with Crippen LogP contribution >= 0.6 is 7.60 Å². The molecular formula is C12H15N2O8P. The molecule has 3 unspecified atom stereocenters. The summed E-state index contributed by atoms with van der Waals surface area (Å²) in [4.78, 5) is 54.1. The first-order valence-electron chi connectivity index (χ1n) is 6.53. The molecule has 0 saturated carbocycles. The van der Waals surface area contributed by atoms with Gasteiger partial charge in [-0.1, -0.05) is 12.2 Å². The normalized spacial score (nSPS) is 22.2. The summed E-state index contributed by atoms with van der Waals surface area (Å²) >= 11 is 0. The van der Waals surface area contributed by atoms with Crippen molar-refractivity contribution in [2.45, 2.75) is 31.3 Å². The van der Waals surface area contributed by atoms with E-state index in [0.717, 1.165) is 0 Å². The number of ether oxygens (including phenoxy) is 1. The molecule has 0 saturated heterocycles. The maximum Gasteiger partial charge on any atom is 0.365 e. The number of hydrogen-bond acceptors (Lipinski definition) is 5. The molecule has 3 atom stereocenters. The van der Waals surface area contributed by atoms with Crippen molar-refractivity contribution in [1.82, 2.24) is 9.55 Å². The van der Waals surface area contributed by atoms with Crippen molar-refractivity contribution in [3.63, 3.8) is 0 Å². The SMILES string of the molecule is Cc1cn(C2C=CC(OC(C(=O)O)P(=O)(O)O)C2)c(=O)[nH]c1=O. The molecule has 11 heteroatoms. The van der Waals surface area contributed by atoms with E-state index in [1.807, 2.05) is 0 Å². The molecule has 0 aromatic carbocycles. The summed E-state index contributed by atoms with van der Waals surface area (Å²) in [5.74, 6) is -4.04. The second-order valence-corrected chi connectivity index (χ2v) is 6.77. The second-order valence-electron chi connectivity index (χ2n) is 5.12. The van der Waals surface area contributed by atoms with Gasteiger partial charge in [0.25, 0.3) is 11.4 Å². The fraction of sp³-hybridized carbons (Fsp3) is 0.417. The fourth-order valence-electron chi connectivity index (χ4n) is 2.23. The third-order valence-corrected chi connectivity index (χ3v) is 4.30. The first kappa shape index (κ1) is 17.4. The van der Waals surface area contributed by atoms with Gasteiger partial charge in [-0.2, -0.15) is 0 Å². The Kier molecular flexibility index (Phi) is 4.71. The topological polar surface area (TPSA) is 159 Å². The van der Waals surface area contributed by atoms with Crippen LogP contribution in [-0.4, -0.2) is 42.4 Å². The van der Waals surface area contributed by atoms with Crippen molar-refractivity contribution in [2.75, 3.05) is 0 Å². The number of aromatic nitrogens is 2. The van der Waals surface area contributed by atoms with Crippen molar-refractivity contribution in [3.8, 4) is 0 Å². The number of aliphatic carboxylic acids is 1. The Balaban J connectivity index is 2.17. The molecule has 1 heterocycles. The number of allylic oxidation sites excluding steroid dienone is 1. The fourth-order valence-corrected chi connectivity index (χ4v) is 2.84. The lowest BCUT2D eigenvalue weighted by Crippen LogP contribution is -2.33. The first-order chi connectivity index (χ1) is 10.6. The molecule has 0 fully saturated rings. The van der Waals surface area contributed by atoms with Crippen molar-refractivity contribution >= 4 is 13.6 Å². The van der Waals surface area contributed by atoms with Gasteiger partial charge in [0.2, 0.25) is 0 Å². The van der Waals surface area contributed by atoms with Gasteiger partial charge in [-0.3, -0.25) is 18.9 Å². The summed E-state index contributed by atoms with van der Waals surface area (Å²) in [6, 6.07) is -0.519. The predicted molar refractivity (Wildman–Crippen MR) is 77.2 cm³/mol. The Morgan fingerprint density at radius 1 is 1.43 bits per heavy atom. The quantitative estimate of drug-likeness (QED) is 0.403. The summed E-state index contributed by atoms with van der Waals surface area (Å²) < 4.78 is 17.3. The van der Waals surface area contributed by atoms with E-state index in [4.69, 9.17) is 19.6 Å². The van der Waals surface area contributed by atoms with Gasteiger partial charge in [0, 0.05) is 18.2 Å². The highest BCUT2D eigenvalue weighted by Gasteiger charge is 2.39. The largest absolute Gasteiger partial charge is 0.479 e. The number of nitrogens with one attached hydrogen (secondary N) is 1.